The van der Waals surface area contributed by atoms with Crippen LogP contribution in [0.25, 0.3) is 0 Å². The molecule has 2 aromatic carbocycles. The summed E-state index contributed by atoms with van der Waals surface area (Å²) in [7, 11) is 0. The van der Waals surface area contributed by atoms with Gasteiger partial charge in [0.2, 0.25) is 0 Å². The number of hydrogen-bond donors (Lipinski definition) is 2. The van der Waals surface area contributed by atoms with Crippen LogP contribution in [0.3, 0.4) is 0 Å². The molecule has 0 saturated carbocycles. The Kier molecular flexibility index (Phi) is 5.18. The highest BCUT2D eigenvalue weighted by Crippen LogP contribution is 2.22. The van der Waals surface area contributed by atoms with Gasteiger partial charge in [-0.15, -0.1) is 0 Å². The van der Waals surface area contributed by atoms with Crippen molar-refractivity contribution in [3.63, 3.8) is 0 Å². The average molecular weight is 333 g/mol. The molecule has 0 saturated heterocycles. The lowest BCUT2D eigenvalue weighted by Gasteiger charge is -2.22. The lowest BCUT2D eigenvalue weighted by atomic mass is 9.98. The summed E-state index contributed by atoms with van der Waals surface area (Å²) in [5.74, 6) is 0. The van der Waals surface area contributed by atoms with Crippen LogP contribution in [0, 0.1) is 6.92 Å². The number of thiocarbonyl (C=S) groups is 1. The monoisotopic (exact) mass is 333 g/mol. The lowest BCUT2D eigenvalue weighted by molar-refractivity contribution is 0.768. The largest absolute Gasteiger partial charge is 0.352 e. The molecule has 0 aliphatic rings. The van der Waals surface area contributed by atoms with Gasteiger partial charge in [-0.05, 0) is 42.4 Å². The Balaban J connectivity index is 1.82. The van der Waals surface area contributed by atoms with Gasteiger partial charge in [-0.3, -0.25) is 4.98 Å². The van der Waals surface area contributed by atoms with Crippen LogP contribution in [0.2, 0.25) is 0 Å². The van der Waals surface area contributed by atoms with Crippen molar-refractivity contribution in [2.75, 3.05) is 5.32 Å². The molecule has 120 valence electrons. The summed E-state index contributed by atoms with van der Waals surface area (Å²) in [5, 5.41) is 7.20. The van der Waals surface area contributed by atoms with Gasteiger partial charge in [-0.1, -0.05) is 60.2 Å². The molecule has 0 bridgehead atoms. The Hall–Kier alpha value is -2.72. The number of anilines is 1. The smallest absolute Gasteiger partial charge is 0.171 e. The van der Waals surface area contributed by atoms with E-state index in [0.717, 1.165) is 5.69 Å². The van der Waals surface area contributed by atoms with E-state index >= 15 is 0 Å². The molecule has 3 aromatic rings. The fraction of sp³-hybridized carbons (Fsp3) is 0.100. The summed E-state index contributed by atoms with van der Waals surface area (Å²) < 4.78 is 0. The van der Waals surface area contributed by atoms with E-state index in [2.05, 4.69) is 58.9 Å². The molecule has 24 heavy (non-hydrogen) atoms. The summed E-state index contributed by atoms with van der Waals surface area (Å²) in [6.45, 7) is 2.09. The Morgan fingerprint density at radius 3 is 2.17 bits per heavy atom. The van der Waals surface area contributed by atoms with Gasteiger partial charge in [0.25, 0.3) is 0 Å². The minimum absolute atomic E-state index is 0.00589. The number of nitrogens with one attached hydrogen (secondary N) is 2. The number of rotatable bonds is 4. The van der Waals surface area contributed by atoms with E-state index in [1.54, 1.807) is 12.4 Å². The maximum absolute atomic E-state index is 5.50. The molecule has 3 nitrogen and oxygen atoms in total. The van der Waals surface area contributed by atoms with Crippen molar-refractivity contribution in [2.45, 2.75) is 13.0 Å². The normalized spacial score (nSPS) is 11.5. The molecule has 3 rings (SSSR count). The summed E-state index contributed by atoms with van der Waals surface area (Å²) in [6.07, 6.45) is 3.47. The number of hydrogen-bond acceptors (Lipinski definition) is 2. The lowest BCUT2D eigenvalue weighted by Crippen LogP contribution is -2.33. The highest BCUT2D eigenvalue weighted by molar-refractivity contribution is 7.80. The second kappa shape index (κ2) is 7.70. The first kappa shape index (κ1) is 16.1. The van der Waals surface area contributed by atoms with Gasteiger partial charge in [0.05, 0.1) is 6.04 Å². The summed E-state index contributed by atoms with van der Waals surface area (Å²) >= 11 is 5.50. The van der Waals surface area contributed by atoms with Crippen LogP contribution in [-0.4, -0.2) is 10.1 Å². The SMILES string of the molecule is Cc1ccc(C(NC(=S)Nc2ccncc2)c2ccccc2)cc1. The number of nitrogens with zero attached hydrogens (tertiary/aromatic N) is 1. The van der Waals surface area contributed by atoms with E-state index in [1.807, 2.05) is 30.3 Å². The molecule has 0 fully saturated rings. The van der Waals surface area contributed by atoms with Crippen LogP contribution in [0.15, 0.2) is 79.1 Å². The molecule has 0 radical (unpaired) electrons. The molecule has 1 unspecified atom stereocenters. The van der Waals surface area contributed by atoms with Crippen LogP contribution < -0.4 is 10.6 Å². The second-order valence-electron chi connectivity index (χ2n) is 5.59. The molecular formula is C20H19N3S. The topological polar surface area (TPSA) is 37.0 Å². The quantitative estimate of drug-likeness (QED) is 0.691. The zero-order valence-electron chi connectivity index (χ0n) is 13.4. The average Bonchev–Trinajstić information content (AvgIpc) is 2.62. The Labute approximate surface area is 147 Å². The number of benzene rings is 2. The highest BCUT2D eigenvalue weighted by Gasteiger charge is 2.15. The predicted octanol–water partition coefficient (Wildman–Crippen LogP) is 4.47. The van der Waals surface area contributed by atoms with Gasteiger partial charge in [0.15, 0.2) is 5.11 Å². The van der Waals surface area contributed by atoms with Crippen molar-refractivity contribution in [3.8, 4) is 0 Å². The molecular weight excluding hydrogens is 314 g/mol. The molecule has 2 N–H and O–H groups in total. The summed E-state index contributed by atoms with van der Waals surface area (Å²) in [5.41, 5.74) is 4.49. The van der Waals surface area contributed by atoms with Gasteiger partial charge >= 0.3 is 0 Å². The fourth-order valence-electron chi connectivity index (χ4n) is 2.50. The third-order valence-corrected chi connectivity index (χ3v) is 3.98. The van der Waals surface area contributed by atoms with Crippen molar-refractivity contribution < 1.29 is 0 Å². The van der Waals surface area contributed by atoms with Crippen LogP contribution in [0.1, 0.15) is 22.7 Å². The van der Waals surface area contributed by atoms with E-state index in [1.165, 1.54) is 16.7 Å². The van der Waals surface area contributed by atoms with Gasteiger partial charge in [-0.2, -0.15) is 0 Å². The number of aryl methyl sites for hydroxylation is 1. The fourth-order valence-corrected chi connectivity index (χ4v) is 2.73. The van der Waals surface area contributed by atoms with Gasteiger partial charge < -0.3 is 10.6 Å². The third-order valence-electron chi connectivity index (χ3n) is 3.76. The minimum atomic E-state index is -0.00589. The van der Waals surface area contributed by atoms with Gasteiger partial charge in [0.1, 0.15) is 0 Å². The van der Waals surface area contributed by atoms with Crippen molar-refractivity contribution in [2.24, 2.45) is 0 Å². The molecule has 0 amide bonds. The molecule has 1 aromatic heterocycles. The number of aromatic nitrogens is 1. The summed E-state index contributed by atoms with van der Waals surface area (Å²) in [4.78, 5) is 4.01. The van der Waals surface area contributed by atoms with E-state index < -0.39 is 0 Å². The maximum Gasteiger partial charge on any atom is 0.171 e. The second-order valence-corrected chi connectivity index (χ2v) is 6.00. The van der Waals surface area contributed by atoms with E-state index in [4.69, 9.17) is 12.2 Å². The molecule has 0 spiro atoms. The first-order valence-electron chi connectivity index (χ1n) is 7.81. The minimum Gasteiger partial charge on any atom is -0.352 e. The van der Waals surface area contributed by atoms with Crippen LogP contribution in [0.5, 0.6) is 0 Å². The van der Waals surface area contributed by atoms with Crippen molar-refractivity contribution in [1.29, 1.82) is 0 Å². The van der Waals surface area contributed by atoms with Crippen molar-refractivity contribution in [3.05, 3.63) is 95.8 Å². The van der Waals surface area contributed by atoms with Crippen LogP contribution >= 0.6 is 12.2 Å². The van der Waals surface area contributed by atoms with E-state index in [0.29, 0.717) is 5.11 Å². The maximum atomic E-state index is 5.50. The molecule has 1 heterocycles. The Bertz CT molecular complexity index is 786. The van der Waals surface area contributed by atoms with Gasteiger partial charge in [-0.25, -0.2) is 0 Å². The molecule has 4 heteroatoms. The first-order valence-corrected chi connectivity index (χ1v) is 8.22. The van der Waals surface area contributed by atoms with Gasteiger partial charge in [0, 0.05) is 18.1 Å². The van der Waals surface area contributed by atoms with Crippen molar-refractivity contribution in [1.82, 2.24) is 10.3 Å². The van der Waals surface area contributed by atoms with Crippen LogP contribution in [-0.2, 0) is 0 Å². The van der Waals surface area contributed by atoms with E-state index in [9.17, 15) is 0 Å². The number of pyridine rings is 1. The van der Waals surface area contributed by atoms with Crippen molar-refractivity contribution >= 4 is 23.0 Å². The zero-order valence-corrected chi connectivity index (χ0v) is 14.3. The highest BCUT2D eigenvalue weighted by atomic mass is 32.1. The predicted molar refractivity (Wildman–Crippen MR) is 103 cm³/mol. The summed E-state index contributed by atoms with van der Waals surface area (Å²) in [6, 6.07) is 22.6. The third kappa shape index (κ3) is 4.18. The standard InChI is InChI=1S/C20H19N3S/c1-15-7-9-17(10-8-15)19(16-5-3-2-4-6-16)23-20(24)22-18-11-13-21-14-12-18/h2-14,19H,1H3,(H2,21,22,23,24). The molecule has 1 atom stereocenters. The molecule has 0 aliphatic carbocycles. The van der Waals surface area contributed by atoms with Crippen LogP contribution in [0.4, 0.5) is 5.69 Å². The Morgan fingerprint density at radius 2 is 1.50 bits per heavy atom. The Morgan fingerprint density at radius 1 is 0.875 bits per heavy atom. The molecule has 0 aliphatic heterocycles. The van der Waals surface area contributed by atoms with E-state index in [-0.39, 0.29) is 6.04 Å². The zero-order chi connectivity index (χ0) is 16.8. The first-order chi connectivity index (χ1) is 11.7.